The number of anilines is 1. The Labute approximate surface area is 89.0 Å². The highest BCUT2D eigenvalue weighted by atomic mass is 16.6. The Hall–Kier alpha value is -1.77. The fourth-order valence-electron chi connectivity index (χ4n) is 1.63. The first-order valence-corrected chi connectivity index (χ1v) is 5.03. The highest BCUT2D eigenvalue weighted by molar-refractivity contribution is 5.92. The first-order valence-electron chi connectivity index (χ1n) is 5.03. The number of rotatable bonds is 1. The lowest BCUT2D eigenvalue weighted by atomic mass is 10.1. The van der Waals surface area contributed by atoms with E-state index in [0.717, 1.165) is 11.3 Å². The zero-order valence-corrected chi connectivity index (χ0v) is 8.64. The summed E-state index contributed by atoms with van der Waals surface area (Å²) < 4.78 is 4.99. The molecule has 0 saturated heterocycles. The largest absolute Gasteiger partial charge is 0.449 e. The lowest BCUT2D eigenvalue weighted by Gasteiger charge is -2.25. The van der Waals surface area contributed by atoms with E-state index in [1.807, 2.05) is 43.3 Å². The predicted octanol–water partition coefficient (Wildman–Crippen LogP) is 2.68. The van der Waals surface area contributed by atoms with Crippen LogP contribution in [0.2, 0.25) is 0 Å². The van der Waals surface area contributed by atoms with Gasteiger partial charge in [0.2, 0.25) is 0 Å². The Morgan fingerprint density at radius 2 is 2.27 bits per heavy atom. The summed E-state index contributed by atoms with van der Waals surface area (Å²) >= 11 is 0. The van der Waals surface area contributed by atoms with Gasteiger partial charge in [0.05, 0.1) is 12.3 Å². The molecule has 1 aromatic carbocycles. The highest BCUT2D eigenvalue weighted by Crippen LogP contribution is 2.25. The van der Waals surface area contributed by atoms with E-state index < -0.39 is 0 Å². The third kappa shape index (κ3) is 1.86. The summed E-state index contributed by atoms with van der Waals surface area (Å²) in [7, 11) is 0. The van der Waals surface area contributed by atoms with Crippen LogP contribution >= 0.6 is 0 Å². The Morgan fingerprint density at radius 1 is 1.47 bits per heavy atom. The number of ether oxygens (including phenoxy) is 1. The summed E-state index contributed by atoms with van der Waals surface area (Å²) in [5.74, 6) is 0. The van der Waals surface area contributed by atoms with Crippen molar-refractivity contribution in [3.8, 4) is 0 Å². The Kier molecular flexibility index (Phi) is 2.72. The average molecular weight is 203 g/mol. The standard InChI is InChI=1S/C12H13NO2/c1-2-15-12(14)13-9-5-7-10-6-3-4-8-11(10)13/h3-8H,2,9H2,1H3. The molecule has 1 aromatic rings. The van der Waals surface area contributed by atoms with E-state index >= 15 is 0 Å². The van der Waals surface area contributed by atoms with Crippen molar-refractivity contribution >= 4 is 17.9 Å². The van der Waals surface area contributed by atoms with Gasteiger partial charge in [-0.25, -0.2) is 4.79 Å². The maximum absolute atomic E-state index is 11.6. The van der Waals surface area contributed by atoms with Crippen molar-refractivity contribution < 1.29 is 9.53 Å². The van der Waals surface area contributed by atoms with Crippen molar-refractivity contribution in [2.45, 2.75) is 6.92 Å². The van der Waals surface area contributed by atoms with Crippen molar-refractivity contribution in [2.24, 2.45) is 0 Å². The second-order valence-corrected chi connectivity index (χ2v) is 3.27. The molecule has 0 unspecified atom stereocenters. The molecular formula is C12H13NO2. The van der Waals surface area contributed by atoms with Crippen molar-refractivity contribution in [3.05, 3.63) is 35.9 Å². The fraction of sp³-hybridized carbons (Fsp3) is 0.250. The topological polar surface area (TPSA) is 29.5 Å². The summed E-state index contributed by atoms with van der Waals surface area (Å²) in [5.41, 5.74) is 1.97. The third-order valence-electron chi connectivity index (χ3n) is 2.30. The van der Waals surface area contributed by atoms with E-state index in [1.54, 1.807) is 4.90 Å². The zero-order chi connectivity index (χ0) is 10.7. The molecule has 0 atom stereocenters. The van der Waals surface area contributed by atoms with Crippen LogP contribution in [-0.2, 0) is 4.74 Å². The summed E-state index contributed by atoms with van der Waals surface area (Å²) in [5, 5.41) is 0. The van der Waals surface area contributed by atoms with Crippen LogP contribution in [0.3, 0.4) is 0 Å². The second kappa shape index (κ2) is 4.17. The van der Waals surface area contributed by atoms with Gasteiger partial charge in [0.15, 0.2) is 0 Å². The third-order valence-corrected chi connectivity index (χ3v) is 2.30. The van der Waals surface area contributed by atoms with Gasteiger partial charge in [0.1, 0.15) is 0 Å². The maximum Gasteiger partial charge on any atom is 0.414 e. The number of hydrogen-bond acceptors (Lipinski definition) is 2. The molecule has 3 nitrogen and oxygen atoms in total. The van der Waals surface area contributed by atoms with Crippen LogP contribution in [0.4, 0.5) is 10.5 Å². The summed E-state index contributed by atoms with van der Waals surface area (Å²) in [6, 6.07) is 7.79. The molecule has 3 heteroatoms. The number of para-hydroxylation sites is 1. The van der Waals surface area contributed by atoms with Crippen LogP contribution in [0.1, 0.15) is 12.5 Å². The van der Waals surface area contributed by atoms with E-state index in [0.29, 0.717) is 13.2 Å². The van der Waals surface area contributed by atoms with Crippen molar-refractivity contribution in [3.63, 3.8) is 0 Å². The fourth-order valence-corrected chi connectivity index (χ4v) is 1.63. The average Bonchev–Trinajstić information content (AvgIpc) is 2.28. The SMILES string of the molecule is CCOC(=O)N1CC=Cc2ccccc21. The van der Waals surface area contributed by atoms with E-state index in [1.165, 1.54) is 0 Å². The predicted molar refractivity (Wildman–Crippen MR) is 59.8 cm³/mol. The second-order valence-electron chi connectivity index (χ2n) is 3.27. The first-order chi connectivity index (χ1) is 7.33. The quantitative estimate of drug-likeness (QED) is 0.702. The molecule has 1 amide bonds. The summed E-state index contributed by atoms with van der Waals surface area (Å²) in [4.78, 5) is 13.3. The van der Waals surface area contributed by atoms with Gasteiger partial charge in [0, 0.05) is 6.54 Å². The molecular weight excluding hydrogens is 190 g/mol. The van der Waals surface area contributed by atoms with Gasteiger partial charge in [-0.15, -0.1) is 0 Å². The lowest BCUT2D eigenvalue weighted by Crippen LogP contribution is -2.33. The minimum atomic E-state index is -0.283. The molecule has 0 saturated carbocycles. The van der Waals surface area contributed by atoms with Crippen molar-refractivity contribution in [1.82, 2.24) is 0 Å². The van der Waals surface area contributed by atoms with E-state index in [9.17, 15) is 4.79 Å². The molecule has 1 heterocycles. The molecule has 15 heavy (non-hydrogen) atoms. The highest BCUT2D eigenvalue weighted by Gasteiger charge is 2.19. The molecule has 0 radical (unpaired) electrons. The molecule has 0 spiro atoms. The molecule has 2 rings (SSSR count). The van der Waals surface area contributed by atoms with Crippen LogP contribution in [0, 0.1) is 0 Å². The Balaban J connectivity index is 2.30. The van der Waals surface area contributed by atoms with Gasteiger partial charge >= 0.3 is 6.09 Å². The van der Waals surface area contributed by atoms with Crippen molar-refractivity contribution in [1.29, 1.82) is 0 Å². The molecule has 0 fully saturated rings. The van der Waals surface area contributed by atoms with Crippen molar-refractivity contribution in [2.75, 3.05) is 18.1 Å². The minimum absolute atomic E-state index is 0.283. The number of nitrogens with zero attached hydrogens (tertiary/aromatic N) is 1. The number of carbonyl (C=O) groups excluding carboxylic acids is 1. The molecule has 1 aliphatic heterocycles. The smallest absolute Gasteiger partial charge is 0.414 e. The summed E-state index contributed by atoms with van der Waals surface area (Å²) in [6.07, 6.45) is 3.69. The van der Waals surface area contributed by atoms with E-state index in [4.69, 9.17) is 4.74 Å². The van der Waals surface area contributed by atoms with Crippen LogP contribution in [0.15, 0.2) is 30.3 Å². The van der Waals surface area contributed by atoms with Gasteiger partial charge < -0.3 is 4.74 Å². The molecule has 0 aromatic heterocycles. The van der Waals surface area contributed by atoms with E-state index in [-0.39, 0.29) is 6.09 Å². The molecule has 1 aliphatic rings. The van der Waals surface area contributed by atoms with Gasteiger partial charge in [0.25, 0.3) is 0 Å². The lowest BCUT2D eigenvalue weighted by molar-refractivity contribution is 0.160. The number of amides is 1. The van der Waals surface area contributed by atoms with Crippen LogP contribution in [0.25, 0.3) is 6.08 Å². The van der Waals surface area contributed by atoms with Gasteiger partial charge in [-0.3, -0.25) is 4.90 Å². The van der Waals surface area contributed by atoms with Gasteiger partial charge in [-0.1, -0.05) is 30.4 Å². The zero-order valence-electron chi connectivity index (χ0n) is 8.64. The number of benzene rings is 1. The number of fused-ring (bicyclic) bond motifs is 1. The normalized spacial score (nSPS) is 13.5. The van der Waals surface area contributed by atoms with Gasteiger partial charge in [-0.05, 0) is 18.6 Å². The molecule has 0 bridgehead atoms. The first kappa shape index (κ1) is 9.77. The Bertz CT molecular complexity index is 398. The molecule has 78 valence electrons. The van der Waals surface area contributed by atoms with E-state index in [2.05, 4.69) is 0 Å². The molecule has 0 aliphatic carbocycles. The van der Waals surface area contributed by atoms with Gasteiger partial charge in [-0.2, -0.15) is 0 Å². The Morgan fingerprint density at radius 3 is 3.07 bits per heavy atom. The van der Waals surface area contributed by atoms with Crippen LogP contribution < -0.4 is 4.90 Å². The van der Waals surface area contributed by atoms with Crippen LogP contribution in [0.5, 0.6) is 0 Å². The monoisotopic (exact) mass is 203 g/mol. The maximum atomic E-state index is 11.6. The number of carbonyl (C=O) groups is 1. The number of hydrogen-bond donors (Lipinski definition) is 0. The molecule has 0 N–H and O–H groups in total. The summed E-state index contributed by atoms with van der Waals surface area (Å²) in [6.45, 7) is 2.79. The minimum Gasteiger partial charge on any atom is -0.449 e. The van der Waals surface area contributed by atoms with Crippen LogP contribution in [-0.4, -0.2) is 19.2 Å².